The van der Waals surface area contributed by atoms with Crippen LogP contribution < -0.4 is 10.4 Å². The number of hydrogen-bond donors (Lipinski definition) is 1. The number of alkyl halides is 1. The molecule has 0 aromatic heterocycles. The van der Waals surface area contributed by atoms with E-state index in [2.05, 4.69) is 78.9 Å². The zero-order valence-corrected chi connectivity index (χ0v) is 24.1. The summed E-state index contributed by atoms with van der Waals surface area (Å²) in [4.78, 5) is 0. The van der Waals surface area contributed by atoms with Crippen LogP contribution in [0.25, 0.3) is 0 Å². The highest BCUT2D eigenvalue weighted by Gasteiger charge is 2.50. The van der Waals surface area contributed by atoms with Crippen LogP contribution in [-0.2, 0) is 8.85 Å². The summed E-state index contributed by atoms with van der Waals surface area (Å²) in [6.45, 7) is 17.0. The second-order valence-electron chi connectivity index (χ2n) is 11.4. The van der Waals surface area contributed by atoms with Crippen LogP contribution in [0.1, 0.15) is 41.5 Å². The van der Waals surface area contributed by atoms with Gasteiger partial charge in [0.15, 0.2) is 8.32 Å². The first-order valence-corrected chi connectivity index (χ1v) is 16.9. The van der Waals surface area contributed by atoms with Gasteiger partial charge in [-0.3, -0.25) is 0 Å². The molecule has 188 valence electrons. The van der Waals surface area contributed by atoms with Gasteiger partial charge in [0.25, 0.3) is 8.32 Å². The van der Waals surface area contributed by atoms with Crippen LogP contribution in [0.2, 0.25) is 23.2 Å². The van der Waals surface area contributed by atoms with Gasteiger partial charge in [-0.15, -0.1) is 0 Å². The van der Waals surface area contributed by atoms with Crippen LogP contribution in [0.15, 0.2) is 72.8 Å². The molecule has 34 heavy (non-hydrogen) atoms. The molecule has 0 radical (unpaired) electrons. The predicted molar refractivity (Wildman–Crippen MR) is 147 cm³/mol. The Hall–Kier alpha value is -1.58. The van der Waals surface area contributed by atoms with Crippen molar-refractivity contribution < 1.29 is 18.3 Å². The summed E-state index contributed by atoms with van der Waals surface area (Å²) in [5, 5.41) is 12.0. The quantitative estimate of drug-likeness (QED) is 0.328. The van der Waals surface area contributed by atoms with E-state index in [-0.39, 0.29) is 23.3 Å². The summed E-state index contributed by atoms with van der Waals surface area (Å²) in [6.07, 6.45) is 0.944. The van der Waals surface area contributed by atoms with Crippen LogP contribution in [0.4, 0.5) is 4.39 Å². The minimum atomic E-state index is -2.67. The molecule has 0 spiro atoms. The molecular weight excluding hydrogens is 459 g/mol. The Labute approximate surface area is 208 Å². The molecule has 0 bridgehead atoms. The molecule has 0 aliphatic rings. The Kier molecular flexibility index (Phi) is 9.64. The summed E-state index contributed by atoms with van der Waals surface area (Å²) in [5.74, 6) is 0. The first-order valence-electron chi connectivity index (χ1n) is 12.1. The highest BCUT2D eigenvalue weighted by Crippen LogP contribution is 2.38. The summed E-state index contributed by atoms with van der Waals surface area (Å²) in [7, 11) is -4.87. The van der Waals surface area contributed by atoms with Gasteiger partial charge in [-0.2, -0.15) is 0 Å². The Morgan fingerprint density at radius 1 is 0.853 bits per heavy atom. The second kappa shape index (κ2) is 11.4. The molecule has 2 aromatic carbocycles. The van der Waals surface area contributed by atoms with E-state index in [1.807, 2.05) is 36.4 Å². The van der Waals surface area contributed by atoms with Crippen molar-refractivity contribution in [3.8, 4) is 0 Å². The van der Waals surface area contributed by atoms with Gasteiger partial charge in [-0.25, -0.2) is 4.39 Å². The molecule has 2 atom stereocenters. The molecule has 0 unspecified atom stereocenters. The Morgan fingerprint density at radius 3 is 1.71 bits per heavy atom. The van der Waals surface area contributed by atoms with E-state index >= 15 is 4.39 Å². The Bertz CT molecular complexity index is 863. The van der Waals surface area contributed by atoms with Gasteiger partial charge in [-0.1, -0.05) is 108 Å². The summed E-state index contributed by atoms with van der Waals surface area (Å²) < 4.78 is 28.0. The lowest BCUT2D eigenvalue weighted by Crippen LogP contribution is -2.66. The van der Waals surface area contributed by atoms with Crippen LogP contribution in [-0.4, -0.2) is 47.2 Å². The third kappa shape index (κ3) is 6.55. The molecule has 0 saturated heterocycles. The van der Waals surface area contributed by atoms with Crippen molar-refractivity contribution in [1.29, 1.82) is 0 Å². The van der Waals surface area contributed by atoms with E-state index in [0.29, 0.717) is 0 Å². The number of hydrogen-bond acceptors (Lipinski definition) is 3. The average molecular weight is 503 g/mol. The van der Waals surface area contributed by atoms with Gasteiger partial charge < -0.3 is 14.0 Å². The van der Waals surface area contributed by atoms with Gasteiger partial charge >= 0.3 is 0 Å². The van der Waals surface area contributed by atoms with E-state index in [9.17, 15) is 5.11 Å². The monoisotopic (exact) mass is 502 g/mol. The first-order chi connectivity index (χ1) is 15.8. The molecule has 6 heteroatoms. The Balaban J connectivity index is 2.28. The van der Waals surface area contributed by atoms with E-state index < -0.39 is 28.9 Å². The molecule has 0 fully saturated rings. The molecule has 3 nitrogen and oxygen atoms in total. The molecule has 0 aliphatic heterocycles. The highest BCUT2D eigenvalue weighted by molar-refractivity contribution is 6.99. The minimum absolute atomic E-state index is 0.0593. The van der Waals surface area contributed by atoms with Crippen molar-refractivity contribution in [2.45, 2.75) is 77.0 Å². The Morgan fingerprint density at radius 2 is 1.32 bits per heavy atom. The number of rotatable bonds is 10. The predicted octanol–water partition coefficient (Wildman–Crippen LogP) is 5.84. The number of halogens is 1. The van der Waals surface area contributed by atoms with Crippen molar-refractivity contribution in [3.05, 3.63) is 72.8 Å². The molecule has 0 saturated carbocycles. The lowest BCUT2D eigenvalue weighted by Gasteiger charge is -2.42. The van der Waals surface area contributed by atoms with E-state index in [1.165, 1.54) is 16.4 Å². The van der Waals surface area contributed by atoms with Crippen LogP contribution in [0.5, 0.6) is 0 Å². The lowest BCUT2D eigenvalue weighted by atomic mass is 10.2. The molecule has 0 amide bonds. The second-order valence-corrected chi connectivity index (χ2v) is 20.5. The van der Waals surface area contributed by atoms with E-state index in [1.54, 1.807) is 6.08 Å². The van der Waals surface area contributed by atoms with Crippen molar-refractivity contribution in [2.75, 3.05) is 13.2 Å². The van der Waals surface area contributed by atoms with Crippen molar-refractivity contribution >= 4 is 27.0 Å². The lowest BCUT2D eigenvalue weighted by molar-refractivity contribution is 0.0552. The third-order valence-electron chi connectivity index (χ3n) is 6.92. The van der Waals surface area contributed by atoms with Gasteiger partial charge in [0.2, 0.25) is 0 Å². The van der Waals surface area contributed by atoms with Crippen LogP contribution >= 0.6 is 0 Å². The normalized spacial score (nSPS) is 15.5. The molecule has 0 heterocycles. The van der Waals surface area contributed by atoms with Crippen molar-refractivity contribution in [2.24, 2.45) is 0 Å². The fraction of sp³-hybridized carbons (Fsp3) is 0.500. The van der Waals surface area contributed by atoms with Gasteiger partial charge in [-0.05, 0) is 39.6 Å². The van der Waals surface area contributed by atoms with E-state index in [0.717, 1.165) is 0 Å². The standard InChI is InChI=1S/C28H43FO3Si2/c1-27(2,3)33(7,8)32-26(22-30)25(29)20-15-21-31-34(28(4,5)6,23-16-11-9-12-17-23)24-18-13-10-14-19-24/h9-20,25-26,30H,21-22H2,1-8H3/b20-15-/t25-,26+/m1/s1. The number of aliphatic hydroxyl groups is 1. The zero-order valence-electron chi connectivity index (χ0n) is 22.1. The third-order valence-corrected chi connectivity index (χ3v) is 16.4. The molecule has 0 aliphatic carbocycles. The van der Waals surface area contributed by atoms with Crippen LogP contribution in [0.3, 0.4) is 0 Å². The molecule has 2 aromatic rings. The summed E-state index contributed by atoms with van der Waals surface area (Å²) >= 11 is 0. The van der Waals surface area contributed by atoms with Crippen molar-refractivity contribution in [3.63, 3.8) is 0 Å². The van der Waals surface area contributed by atoms with Gasteiger partial charge in [0.05, 0.1) is 13.2 Å². The zero-order chi connectivity index (χ0) is 25.6. The minimum Gasteiger partial charge on any atom is -0.408 e. The van der Waals surface area contributed by atoms with Crippen molar-refractivity contribution in [1.82, 2.24) is 0 Å². The summed E-state index contributed by atoms with van der Waals surface area (Å²) in [5.41, 5.74) is 0. The van der Waals surface area contributed by atoms with Gasteiger partial charge in [0.1, 0.15) is 12.3 Å². The summed E-state index contributed by atoms with van der Waals surface area (Å²) in [6, 6.07) is 20.8. The SMILES string of the molecule is CC(C)(C)[Si](C)(C)O[C@@H](CO)[C@H](F)/C=C\CO[Si](c1ccccc1)(c1ccccc1)C(C)(C)C. The maximum Gasteiger partial charge on any atom is 0.261 e. The number of benzene rings is 2. The highest BCUT2D eigenvalue weighted by atomic mass is 28.4. The van der Waals surface area contributed by atoms with Gasteiger partial charge in [0, 0.05) is 0 Å². The molecular formula is C28H43FO3Si2. The van der Waals surface area contributed by atoms with E-state index in [4.69, 9.17) is 8.85 Å². The molecule has 2 rings (SSSR count). The topological polar surface area (TPSA) is 38.7 Å². The average Bonchev–Trinajstić information content (AvgIpc) is 2.77. The fourth-order valence-corrected chi connectivity index (χ4v) is 9.82. The first kappa shape index (κ1) is 28.7. The maximum atomic E-state index is 15.1. The maximum absolute atomic E-state index is 15.1. The number of aliphatic hydroxyl groups excluding tert-OH is 1. The largest absolute Gasteiger partial charge is 0.408 e. The fourth-order valence-electron chi connectivity index (χ4n) is 4.00. The smallest absolute Gasteiger partial charge is 0.261 e. The molecule has 1 N–H and O–H groups in total. The van der Waals surface area contributed by atoms with Crippen LogP contribution in [0, 0.1) is 0 Å².